The molecule has 1 aliphatic rings. The Kier molecular flexibility index (Phi) is 14.1. The van der Waals surface area contributed by atoms with Gasteiger partial charge in [0.15, 0.2) is 0 Å². The topological polar surface area (TPSA) is 147 Å². The normalized spacial score (nSPS) is 18.8. The third kappa shape index (κ3) is 11.4. The van der Waals surface area contributed by atoms with Crippen LogP contribution in [0.4, 0.5) is 0 Å². The summed E-state index contributed by atoms with van der Waals surface area (Å²) in [6.07, 6.45) is 7.53. The van der Waals surface area contributed by atoms with Gasteiger partial charge in [-0.3, -0.25) is 24.4 Å². The number of benzene rings is 2. The molecular formula is C32H40N4O7. The van der Waals surface area contributed by atoms with Crippen LogP contribution in [0.5, 0.6) is 0 Å². The number of unbranched alkanes of at least 4 members (excludes halogenated alkanes) is 1. The number of hydrogen-bond donors (Lipinski definition) is 3. The Morgan fingerprint density at radius 1 is 1.02 bits per heavy atom. The molecule has 0 saturated carbocycles. The Balaban J connectivity index is 1.78. The smallest absolute Gasteiger partial charge is 0.306 e. The van der Waals surface area contributed by atoms with Gasteiger partial charge in [-0.15, -0.1) is 0 Å². The van der Waals surface area contributed by atoms with E-state index in [0.717, 1.165) is 16.7 Å². The SMILES string of the molecule is COC[C@H]1[C@H](c2ccccc2)OC(=O)CC/C=C/CCC(=O)N1Cc1cccc(/C=N/NC(=O)CCCCC(=O)NO)c1. The zero-order chi connectivity index (χ0) is 30.9. The van der Waals surface area contributed by atoms with E-state index >= 15 is 0 Å². The fourth-order valence-corrected chi connectivity index (χ4v) is 4.73. The van der Waals surface area contributed by atoms with Gasteiger partial charge in [-0.25, -0.2) is 10.9 Å². The molecule has 0 radical (unpaired) electrons. The summed E-state index contributed by atoms with van der Waals surface area (Å²) >= 11 is 0. The second-order valence-corrected chi connectivity index (χ2v) is 10.2. The number of allylic oxidation sites excluding steroid dienone is 2. The highest BCUT2D eigenvalue weighted by molar-refractivity contribution is 5.83. The number of esters is 1. The molecule has 3 N–H and O–H groups in total. The third-order valence-corrected chi connectivity index (χ3v) is 6.89. The van der Waals surface area contributed by atoms with Gasteiger partial charge >= 0.3 is 5.97 Å². The summed E-state index contributed by atoms with van der Waals surface area (Å²) in [6, 6.07) is 16.3. The lowest BCUT2D eigenvalue weighted by Gasteiger charge is -2.37. The fourth-order valence-electron chi connectivity index (χ4n) is 4.73. The summed E-state index contributed by atoms with van der Waals surface area (Å²) in [5.74, 6) is -1.22. The van der Waals surface area contributed by atoms with E-state index in [1.807, 2.05) is 66.7 Å². The minimum Gasteiger partial charge on any atom is -0.455 e. The molecule has 0 saturated heterocycles. The molecule has 0 spiro atoms. The maximum absolute atomic E-state index is 13.7. The summed E-state index contributed by atoms with van der Waals surface area (Å²) in [5.41, 5.74) is 6.36. The summed E-state index contributed by atoms with van der Waals surface area (Å²) in [5, 5.41) is 12.6. The zero-order valence-electron chi connectivity index (χ0n) is 24.4. The molecule has 1 aliphatic heterocycles. The number of methoxy groups -OCH3 is 1. The van der Waals surface area contributed by atoms with Crippen LogP contribution in [0.15, 0.2) is 71.9 Å². The lowest BCUT2D eigenvalue weighted by Crippen LogP contribution is -2.47. The Hall–Kier alpha value is -4.35. The van der Waals surface area contributed by atoms with Gasteiger partial charge < -0.3 is 14.4 Å². The standard InChI is InChI=1S/C32H40N4O7/c1-42-23-27-32(26-14-5-4-6-15-26)43-31(40)19-8-3-2-7-18-30(39)36(27)22-25-13-11-12-24(20-25)21-33-34-28(37)16-9-10-17-29(38)35-41/h2-6,11-15,20-21,27,32,41H,7-10,16-19,22-23H2,1H3,(H,34,37)(H,35,38)/b3-2+,33-21+/t27-,32-/m0/s1. The van der Waals surface area contributed by atoms with Gasteiger partial charge in [-0.05, 0) is 48.4 Å². The van der Waals surface area contributed by atoms with Crippen molar-refractivity contribution in [3.8, 4) is 0 Å². The number of carbonyl (C=O) groups excluding carboxylic acids is 4. The molecule has 0 fully saturated rings. The monoisotopic (exact) mass is 592 g/mol. The lowest BCUT2D eigenvalue weighted by molar-refractivity contribution is -0.159. The van der Waals surface area contributed by atoms with E-state index in [0.29, 0.717) is 32.1 Å². The van der Waals surface area contributed by atoms with Gasteiger partial charge in [-0.2, -0.15) is 5.10 Å². The van der Waals surface area contributed by atoms with E-state index in [1.165, 1.54) is 6.21 Å². The van der Waals surface area contributed by atoms with Crippen molar-refractivity contribution in [3.63, 3.8) is 0 Å². The van der Waals surface area contributed by atoms with Crippen LogP contribution in [0.3, 0.4) is 0 Å². The average molecular weight is 593 g/mol. The predicted molar refractivity (Wildman–Crippen MR) is 160 cm³/mol. The number of hydrazone groups is 1. The maximum atomic E-state index is 13.7. The fraction of sp³-hybridized carbons (Fsp3) is 0.406. The third-order valence-electron chi connectivity index (χ3n) is 6.89. The van der Waals surface area contributed by atoms with Crippen LogP contribution in [0.1, 0.15) is 74.2 Å². The number of hydrogen-bond acceptors (Lipinski definition) is 8. The van der Waals surface area contributed by atoms with Crippen molar-refractivity contribution >= 4 is 29.9 Å². The quantitative estimate of drug-likeness (QED) is 0.0844. The van der Waals surface area contributed by atoms with E-state index in [1.54, 1.807) is 17.5 Å². The number of nitrogens with one attached hydrogen (secondary N) is 2. The van der Waals surface area contributed by atoms with E-state index in [4.69, 9.17) is 14.7 Å². The van der Waals surface area contributed by atoms with Crippen LogP contribution < -0.4 is 10.9 Å². The molecule has 2 atom stereocenters. The molecule has 2 aromatic rings. The minimum atomic E-state index is -0.723. The number of nitrogens with zero attached hydrogens (tertiary/aromatic N) is 2. The first-order valence-electron chi connectivity index (χ1n) is 14.4. The number of cyclic esters (lactones) is 1. The molecule has 3 rings (SSSR count). The van der Waals surface area contributed by atoms with Gasteiger partial charge in [0.25, 0.3) is 0 Å². The molecule has 0 bridgehead atoms. The van der Waals surface area contributed by atoms with Crippen LogP contribution in [-0.2, 0) is 35.2 Å². The summed E-state index contributed by atoms with van der Waals surface area (Å²) in [6.45, 7) is 0.402. The Morgan fingerprint density at radius 3 is 2.47 bits per heavy atom. The van der Waals surface area contributed by atoms with Crippen molar-refractivity contribution < 1.29 is 33.9 Å². The van der Waals surface area contributed by atoms with Crippen molar-refractivity contribution in [1.29, 1.82) is 0 Å². The Labute approximate surface area is 251 Å². The van der Waals surface area contributed by atoms with Crippen molar-refractivity contribution in [2.75, 3.05) is 13.7 Å². The van der Waals surface area contributed by atoms with Crippen molar-refractivity contribution in [2.45, 2.75) is 70.1 Å². The molecule has 0 aromatic heterocycles. The predicted octanol–water partition coefficient (Wildman–Crippen LogP) is 3.96. The van der Waals surface area contributed by atoms with Gasteiger partial charge in [0.05, 0.1) is 18.9 Å². The zero-order valence-corrected chi connectivity index (χ0v) is 24.4. The molecule has 230 valence electrons. The molecule has 0 aliphatic carbocycles. The van der Waals surface area contributed by atoms with Gasteiger partial charge in [0.2, 0.25) is 17.7 Å². The van der Waals surface area contributed by atoms with Gasteiger partial charge in [0.1, 0.15) is 6.10 Å². The summed E-state index contributed by atoms with van der Waals surface area (Å²) < 4.78 is 11.6. The highest BCUT2D eigenvalue weighted by Crippen LogP contribution is 2.29. The van der Waals surface area contributed by atoms with Crippen LogP contribution >= 0.6 is 0 Å². The summed E-state index contributed by atoms with van der Waals surface area (Å²) in [7, 11) is 1.56. The van der Waals surface area contributed by atoms with Crippen LogP contribution in [-0.4, -0.2) is 59.8 Å². The van der Waals surface area contributed by atoms with Crippen LogP contribution in [0.25, 0.3) is 0 Å². The second kappa shape index (κ2) is 18.2. The van der Waals surface area contributed by atoms with Crippen molar-refractivity contribution in [2.24, 2.45) is 5.10 Å². The molecular weight excluding hydrogens is 552 g/mol. The van der Waals surface area contributed by atoms with Gasteiger partial charge in [0, 0.05) is 39.3 Å². The maximum Gasteiger partial charge on any atom is 0.306 e. The van der Waals surface area contributed by atoms with Crippen LogP contribution in [0.2, 0.25) is 0 Å². The number of hydroxylamine groups is 1. The highest BCUT2D eigenvalue weighted by atomic mass is 16.5. The molecule has 11 heteroatoms. The number of ether oxygens (including phenoxy) is 2. The lowest BCUT2D eigenvalue weighted by atomic mass is 9.99. The Morgan fingerprint density at radius 2 is 1.74 bits per heavy atom. The number of rotatable bonds is 12. The van der Waals surface area contributed by atoms with Crippen molar-refractivity contribution in [1.82, 2.24) is 15.8 Å². The molecule has 3 amide bonds. The molecule has 43 heavy (non-hydrogen) atoms. The first-order chi connectivity index (χ1) is 20.9. The Bertz CT molecular complexity index is 1270. The molecule has 2 aromatic carbocycles. The van der Waals surface area contributed by atoms with Crippen molar-refractivity contribution in [3.05, 3.63) is 83.4 Å². The minimum absolute atomic E-state index is 0.0907. The first-order valence-corrected chi connectivity index (χ1v) is 14.4. The van der Waals surface area contributed by atoms with E-state index in [9.17, 15) is 19.2 Å². The van der Waals surface area contributed by atoms with E-state index in [-0.39, 0.29) is 50.2 Å². The first kappa shape index (κ1) is 33.2. The molecule has 0 unspecified atom stereocenters. The molecule has 1 heterocycles. The summed E-state index contributed by atoms with van der Waals surface area (Å²) in [4.78, 5) is 51.3. The average Bonchev–Trinajstić information content (AvgIpc) is 3.01. The van der Waals surface area contributed by atoms with Crippen LogP contribution in [0, 0.1) is 0 Å². The van der Waals surface area contributed by atoms with E-state index in [2.05, 4.69) is 10.5 Å². The highest BCUT2D eigenvalue weighted by Gasteiger charge is 2.34. The second-order valence-electron chi connectivity index (χ2n) is 10.2. The number of carbonyl (C=O) groups is 4. The van der Waals surface area contributed by atoms with Gasteiger partial charge in [-0.1, -0.05) is 60.7 Å². The van der Waals surface area contributed by atoms with E-state index < -0.39 is 18.1 Å². The largest absolute Gasteiger partial charge is 0.455 e. The number of amides is 3. The molecule has 11 nitrogen and oxygen atoms in total.